The molecule has 2 aromatic rings. The zero-order valence-electron chi connectivity index (χ0n) is 27.9. The number of carboxylic acids is 1. The van der Waals surface area contributed by atoms with Crippen molar-refractivity contribution in [3.63, 3.8) is 0 Å². The lowest BCUT2D eigenvalue weighted by Crippen LogP contribution is -2.56. The summed E-state index contributed by atoms with van der Waals surface area (Å²) in [7, 11) is -3.91. The largest absolute Gasteiger partial charge is 0.481 e. The molecular weight excluding hydrogens is 696 g/mol. The van der Waals surface area contributed by atoms with Crippen LogP contribution in [0.4, 0.5) is 4.79 Å². The van der Waals surface area contributed by atoms with E-state index in [2.05, 4.69) is 21.3 Å². The number of ether oxygens (including phenoxy) is 2. The van der Waals surface area contributed by atoms with Gasteiger partial charge in [0.25, 0.3) is 0 Å². The lowest BCUT2D eigenvalue weighted by molar-refractivity contribution is -0.145. The van der Waals surface area contributed by atoms with Crippen molar-refractivity contribution in [3.05, 3.63) is 82.2 Å². The smallest absolute Gasteiger partial charge is 0.408 e. The topological polar surface area (TPSA) is 223 Å². The number of aliphatic carboxylic acids is 1. The molecule has 0 saturated heterocycles. The summed E-state index contributed by atoms with van der Waals surface area (Å²) in [5.74, 6) is -5.46. The van der Waals surface area contributed by atoms with Gasteiger partial charge in [0.05, 0.1) is 25.5 Å². The normalized spacial score (nSPS) is 13.9. The fourth-order valence-corrected chi connectivity index (χ4v) is 4.92. The highest BCUT2D eigenvalue weighted by atomic mass is 35.5. The Labute approximate surface area is 295 Å². The minimum atomic E-state index is -3.91. The van der Waals surface area contributed by atoms with Crippen LogP contribution in [0.5, 0.6) is 0 Å². The number of carbonyl (C=O) groups excluding carboxylic acids is 5. The molecule has 5 N–H and O–H groups in total. The van der Waals surface area contributed by atoms with Gasteiger partial charge in [-0.3, -0.25) is 24.0 Å². The molecule has 15 nitrogen and oxygen atoms in total. The molecule has 0 heterocycles. The Balaban J connectivity index is 2.33. The molecule has 17 heteroatoms. The molecule has 50 heavy (non-hydrogen) atoms. The molecular formula is C33H41ClN4O11S. The minimum absolute atomic E-state index is 0.00288. The van der Waals surface area contributed by atoms with Crippen LogP contribution in [0.15, 0.2) is 71.1 Å². The highest BCUT2D eigenvalue weighted by Crippen LogP contribution is 2.17. The maximum absolute atomic E-state index is 13.8. The number of nitrogens with one attached hydrogen (secondary N) is 4. The average Bonchev–Trinajstić information content (AvgIpc) is 3.04. The third kappa shape index (κ3) is 14.3. The van der Waals surface area contributed by atoms with Crippen LogP contribution >= 0.6 is 11.6 Å². The molecule has 2 aromatic carbocycles. The zero-order chi connectivity index (χ0) is 37.4. The molecule has 0 fully saturated rings. The zero-order valence-corrected chi connectivity index (χ0v) is 29.5. The summed E-state index contributed by atoms with van der Waals surface area (Å²) < 4.78 is 33.1. The Morgan fingerprint density at radius 2 is 1.42 bits per heavy atom. The van der Waals surface area contributed by atoms with Crippen LogP contribution in [0.2, 0.25) is 0 Å². The Morgan fingerprint density at radius 3 is 1.96 bits per heavy atom. The Morgan fingerprint density at radius 1 is 0.820 bits per heavy atom. The summed E-state index contributed by atoms with van der Waals surface area (Å²) in [6, 6.07) is 10.9. The molecule has 272 valence electrons. The molecule has 0 aromatic heterocycles. The minimum Gasteiger partial charge on any atom is -0.481 e. The molecule has 0 aliphatic carbocycles. The Bertz CT molecular complexity index is 1640. The van der Waals surface area contributed by atoms with Gasteiger partial charge >= 0.3 is 18.0 Å². The van der Waals surface area contributed by atoms with Crippen LogP contribution in [0, 0.1) is 5.92 Å². The number of hydrogen-bond donors (Lipinski definition) is 5. The van der Waals surface area contributed by atoms with Gasteiger partial charge in [-0.1, -0.05) is 86.1 Å². The maximum atomic E-state index is 13.8. The first-order valence-electron chi connectivity index (χ1n) is 15.4. The molecule has 4 amide bonds. The van der Waals surface area contributed by atoms with E-state index < -0.39 is 92.9 Å². The number of benzene rings is 2. The van der Waals surface area contributed by atoms with Gasteiger partial charge in [-0.15, -0.1) is 0 Å². The monoisotopic (exact) mass is 736 g/mol. The van der Waals surface area contributed by atoms with E-state index in [1.54, 1.807) is 69.3 Å². The predicted octanol–water partition coefficient (Wildman–Crippen LogP) is 2.32. The summed E-state index contributed by atoms with van der Waals surface area (Å²) >= 11 is 5.81. The number of sulfone groups is 1. The number of esters is 1. The summed E-state index contributed by atoms with van der Waals surface area (Å²) in [6.07, 6.45) is -0.662. The van der Waals surface area contributed by atoms with Gasteiger partial charge in [0, 0.05) is 6.26 Å². The fraction of sp³-hybridized carbons (Fsp3) is 0.394. The number of halogens is 1. The lowest BCUT2D eigenvalue weighted by atomic mass is 10.00. The van der Waals surface area contributed by atoms with E-state index in [1.165, 1.54) is 12.1 Å². The van der Waals surface area contributed by atoms with Gasteiger partial charge in [0.1, 0.15) is 29.1 Å². The van der Waals surface area contributed by atoms with Crippen LogP contribution in [0.3, 0.4) is 0 Å². The Hall–Kier alpha value is -4.96. The first kappa shape index (κ1) is 41.2. The maximum Gasteiger partial charge on any atom is 0.408 e. The van der Waals surface area contributed by atoms with Crippen LogP contribution in [0.25, 0.3) is 0 Å². The van der Waals surface area contributed by atoms with Gasteiger partial charge in [-0.05, 0) is 30.0 Å². The van der Waals surface area contributed by atoms with Crippen LogP contribution in [0.1, 0.15) is 50.8 Å². The number of alkyl carbamates (subject to hydrolysis) is 1. The molecule has 4 atom stereocenters. The highest BCUT2D eigenvalue weighted by Gasteiger charge is 2.34. The standard InChI is InChI=1S/C33H41ClN4O11S/c1-5-48-27(41)18-24(36-33(45)49-19-21-12-8-6-9-13-21)30(42)38-29(22-14-10-7-11-15-22)32(44)37-28(20(2)3)31(43)35-23(17-26(39)40)16-25(34)50(4,46)47/h6-16,20,23-24,28-29H,5,17-19H2,1-4H3,(H,35,43)(H,36,45)(H,37,44)(H,38,42)(H,39,40)/b25-16+/t23-,24+,28-,29+/m1/s1. The van der Waals surface area contributed by atoms with Crippen molar-refractivity contribution in [1.29, 1.82) is 0 Å². The van der Waals surface area contributed by atoms with E-state index in [4.69, 9.17) is 21.1 Å². The predicted molar refractivity (Wildman–Crippen MR) is 182 cm³/mol. The van der Waals surface area contributed by atoms with Gasteiger partial charge in [-0.2, -0.15) is 0 Å². The highest BCUT2D eigenvalue weighted by molar-refractivity contribution is 7.96. The van der Waals surface area contributed by atoms with Crippen molar-refractivity contribution < 1.29 is 51.8 Å². The van der Waals surface area contributed by atoms with Crippen LogP contribution < -0.4 is 21.3 Å². The van der Waals surface area contributed by atoms with E-state index in [0.29, 0.717) is 5.56 Å². The van der Waals surface area contributed by atoms with Crippen molar-refractivity contribution in [2.75, 3.05) is 12.9 Å². The molecule has 0 unspecified atom stereocenters. The average molecular weight is 737 g/mol. The summed E-state index contributed by atoms with van der Waals surface area (Å²) in [5.41, 5.74) is 0.942. The van der Waals surface area contributed by atoms with E-state index in [0.717, 1.165) is 12.3 Å². The summed E-state index contributed by atoms with van der Waals surface area (Å²) in [4.78, 5) is 77.2. The van der Waals surface area contributed by atoms with Crippen LogP contribution in [-0.2, 0) is 49.9 Å². The summed E-state index contributed by atoms with van der Waals surface area (Å²) in [5, 5.41) is 19.1. The van der Waals surface area contributed by atoms with Crippen molar-refractivity contribution in [1.82, 2.24) is 21.3 Å². The number of carboxylic acid groups (broad SMARTS) is 1. The first-order chi connectivity index (χ1) is 23.5. The van der Waals surface area contributed by atoms with E-state index in [-0.39, 0.29) is 18.8 Å². The number of hydrogen-bond acceptors (Lipinski definition) is 10. The molecule has 0 radical (unpaired) electrons. The molecule has 0 bridgehead atoms. The molecule has 0 spiro atoms. The van der Waals surface area contributed by atoms with Crippen molar-refractivity contribution in [2.45, 2.75) is 64.4 Å². The molecule has 0 aliphatic rings. The van der Waals surface area contributed by atoms with Crippen molar-refractivity contribution >= 4 is 57.2 Å². The first-order valence-corrected chi connectivity index (χ1v) is 17.7. The number of amides is 4. The lowest BCUT2D eigenvalue weighted by Gasteiger charge is -2.27. The van der Waals surface area contributed by atoms with E-state index >= 15 is 0 Å². The number of carbonyl (C=O) groups is 6. The van der Waals surface area contributed by atoms with E-state index in [9.17, 15) is 42.3 Å². The third-order valence-corrected chi connectivity index (χ3v) is 8.65. The molecule has 0 aliphatic heterocycles. The Kier molecular flexibility index (Phi) is 16.4. The fourth-order valence-electron chi connectivity index (χ4n) is 4.36. The van der Waals surface area contributed by atoms with E-state index in [1.807, 2.05) is 0 Å². The van der Waals surface area contributed by atoms with Gasteiger partial charge < -0.3 is 35.8 Å². The molecule has 0 saturated carbocycles. The van der Waals surface area contributed by atoms with Gasteiger partial charge in [-0.25, -0.2) is 13.2 Å². The second kappa shape index (κ2) is 19.9. The second-order valence-electron chi connectivity index (χ2n) is 11.3. The summed E-state index contributed by atoms with van der Waals surface area (Å²) in [6.45, 7) is 4.62. The second-order valence-corrected chi connectivity index (χ2v) is 13.9. The SMILES string of the molecule is CCOC(=O)C[C@H](NC(=O)OCc1ccccc1)C(=O)N[C@H](C(=O)N[C@@H](C(=O)N[C@H](/C=C(\Cl)S(C)(=O)=O)CC(=O)O)C(C)C)c1ccccc1. The van der Waals surface area contributed by atoms with Gasteiger partial charge in [0.15, 0.2) is 9.84 Å². The number of rotatable bonds is 18. The van der Waals surface area contributed by atoms with Crippen molar-refractivity contribution in [2.24, 2.45) is 5.92 Å². The van der Waals surface area contributed by atoms with Crippen LogP contribution in [-0.4, -0.2) is 80.3 Å². The molecule has 2 rings (SSSR count). The quantitative estimate of drug-likeness (QED) is 0.140. The third-order valence-electron chi connectivity index (χ3n) is 6.83. The van der Waals surface area contributed by atoms with Gasteiger partial charge in [0.2, 0.25) is 17.7 Å². The van der Waals surface area contributed by atoms with Crippen molar-refractivity contribution in [3.8, 4) is 0 Å².